The van der Waals surface area contributed by atoms with Gasteiger partial charge in [0.25, 0.3) is 0 Å². The Morgan fingerprint density at radius 3 is 1.96 bits per heavy atom. The second-order valence-corrected chi connectivity index (χ2v) is 5.93. The van der Waals surface area contributed by atoms with Gasteiger partial charge in [0.05, 0.1) is 6.42 Å². The molecule has 0 N–H and O–H groups in total. The Labute approximate surface area is 146 Å². The molecule has 0 radical (unpaired) electrons. The van der Waals surface area contributed by atoms with E-state index in [1.165, 1.54) is 0 Å². The molecule has 0 saturated carbocycles. The summed E-state index contributed by atoms with van der Waals surface area (Å²) in [7, 11) is 0. The molecule has 3 heteroatoms. The van der Waals surface area contributed by atoms with E-state index in [0.717, 1.165) is 16.7 Å². The lowest BCUT2D eigenvalue weighted by Crippen LogP contribution is -2.14. The molecule has 2 nitrogen and oxygen atoms in total. The van der Waals surface area contributed by atoms with Gasteiger partial charge in [0.15, 0.2) is 6.10 Å². The highest BCUT2D eigenvalue weighted by Gasteiger charge is 2.19. The van der Waals surface area contributed by atoms with Crippen molar-refractivity contribution in [3.8, 4) is 0 Å². The Bertz CT molecular complexity index is 761. The largest absolute Gasteiger partial charge is 0.452 e. The minimum absolute atomic E-state index is 0.191. The van der Waals surface area contributed by atoms with Gasteiger partial charge in [0.2, 0.25) is 0 Å². The average Bonchev–Trinajstić information content (AvgIpc) is 2.61. The first kappa shape index (κ1) is 16.3. The third kappa shape index (κ3) is 4.24. The number of ether oxygens (including phenoxy) is 1. The zero-order valence-electron chi connectivity index (χ0n) is 13.1. The summed E-state index contributed by atoms with van der Waals surface area (Å²) < 4.78 is 5.78. The Morgan fingerprint density at radius 2 is 1.42 bits per heavy atom. The second-order valence-electron chi connectivity index (χ2n) is 5.50. The van der Waals surface area contributed by atoms with Crippen LogP contribution >= 0.6 is 11.6 Å². The molecule has 0 unspecified atom stereocenters. The van der Waals surface area contributed by atoms with Gasteiger partial charge in [-0.1, -0.05) is 84.4 Å². The highest BCUT2D eigenvalue weighted by atomic mass is 35.5. The van der Waals surface area contributed by atoms with Crippen LogP contribution in [0.1, 0.15) is 22.8 Å². The molecule has 3 rings (SSSR count). The van der Waals surface area contributed by atoms with Crippen molar-refractivity contribution < 1.29 is 9.53 Å². The molecular weight excluding hydrogens is 320 g/mol. The minimum Gasteiger partial charge on any atom is -0.452 e. The van der Waals surface area contributed by atoms with E-state index in [1.807, 2.05) is 72.8 Å². The van der Waals surface area contributed by atoms with Gasteiger partial charge in [-0.25, -0.2) is 0 Å². The molecule has 0 spiro atoms. The summed E-state index contributed by atoms with van der Waals surface area (Å²) in [4.78, 5) is 12.4. The van der Waals surface area contributed by atoms with Crippen LogP contribution in [0.5, 0.6) is 0 Å². The van der Waals surface area contributed by atoms with Gasteiger partial charge in [-0.05, 0) is 28.8 Å². The molecular formula is C21H17ClO2. The van der Waals surface area contributed by atoms with Crippen molar-refractivity contribution in [2.45, 2.75) is 12.5 Å². The van der Waals surface area contributed by atoms with Crippen LogP contribution in [0.3, 0.4) is 0 Å². The van der Waals surface area contributed by atoms with Gasteiger partial charge in [0.1, 0.15) is 0 Å². The van der Waals surface area contributed by atoms with Crippen molar-refractivity contribution in [2.75, 3.05) is 0 Å². The van der Waals surface area contributed by atoms with Crippen LogP contribution in [-0.2, 0) is 16.0 Å². The Balaban J connectivity index is 1.80. The lowest BCUT2D eigenvalue weighted by Gasteiger charge is -2.19. The fourth-order valence-corrected chi connectivity index (χ4v) is 2.78. The summed E-state index contributed by atoms with van der Waals surface area (Å²) in [5.74, 6) is -0.282. The number of halogens is 1. The van der Waals surface area contributed by atoms with Crippen LogP contribution in [0, 0.1) is 0 Å². The van der Waals surface area contributed by atoms with Gasteiger partial charge in [0, 0.05) is 5.02 Å². The molecule has 0 aliphatic heterocycles. The first-order valence-corrected chi connectivity index (χ1v) is 8.14. The van der Waals surface area contributed by atoms with Crippen molar-refractivity contribution in [3.05, 3.63) is 107 Å². The Kier molecular flexibility index (Phi) is 5.29. The van der Waals surface area contributed by atoms with Crippen molar-refractivity contribution >= 4 is 17.6 Å². The number of carbonyl (C=O) groups is 1. The quantitative estimate of drug-likeness (QED) is 0.597. The monoisotopic (exact) mass is 336 g/mol. The van der Waals surface area contributed by atoms with Crippen LogP contribution < -0.4 is 0 Å². The molecule has 0 saturated heterocycles. The number of hydrogen-bond donors (Lipinski definition) is 0. The molecule has 0 amide bonds. The van der Waals surface area contributed by atoms with Crippen molar-refractivity contribution in [1.82, 2.24) is 0 Å². The van der Waals surface area contributed by atoms with E-state index in [9.17, 15) is 4.79 Å². The minimum atomic E-state index is -0.418. The van der Waals surface area contributed by atoms with E-state index in [0.29, 0.717) is 5.02 Å². The molecule has 0 aliphatic carbocycles. The Morgan fingerprint density at radius 1 is 0.833 bits per heavy atom. The number of rotatable bonds is 5. The Hall–Kier alpha value is -2.58. The van der Waals surface area contributed by atoms with Crippen LogP contribution in [0.2, 0.25) is 5.02 Å². The zero-order valence-corrected chi connectivity index (χ0v) is 13.8. The molecule has 3 aromatic rings. The highest BCUT2D eigenvalue weighted by molar-refractivity contribution is 6.30. The smallest absolute Gasteiger partial charge is 0.311 e. The SMILES string of the molecule is O=C(Cc1cccc(Cl)c1)OC(c1ccccc1)c1ccccc1. The number of carbonyl (C=O) groups excluding carboxylic acids is 1. The van der Waals surface area contributed by atoms with Crippen molar-refractivity contribution in [3.63, 3.8) is 0 Å². The van der Waals surface area contributed by atoms with E-state index in [-0.39, 0.29) is 12.4 Å². The molecule has 0 atom stereocenters. The maximum absolute atomic E-state index is 12.4. The maximum Gasteiger partial charge on any atom is 0.311 e. The molecule has 120 valence electrons. The molecule has 0 fully saturated rings. The van der Waals surface area contributed by atoms with E-state index < -0.39 is 6.10 Å². The highest BCUT2D eigenvalue weighted by Crippen LogP contribution is 2.26. The van der Waals surface area contributed by atoms with Crippen molar-refractivity contribution in [2.24, 2.45) is 0 Å². The van der Waals surface area contributed by atoms with Gasteiger partial charge in [-0.2, -0.15) is 0 Å². The molecule has 0 bridgehead atoms. The lowest BCUT2D eigenvalue weighted by molar-refractivity contribution is -0.146. The van der Waals surface area contributed by atoms with E-state index >= 15 is 0 Å². The summed E-state index contributed by atoms with van der Waals surface area (Å²) in [5, 5.41) is 0.614. The third-order valence-electron chi connectivity index (χ3n) is 3.69. The average molecular weight is 337 g/mol. The van der Waals surface area contributed by atoms with E-state index in [4.69, 9.17) is 16.3 Å². The fraction of sp³-hybridized carbons (Fsp3) is 0.0952. The van der Waals surface area contributed by atoms with Crippen LogP contribution in [0.4, 0.5) is 0 Å². The normalized spacial score (nSPS) is 10.6. The summed E-state index contributed by atoms with van der Waals surface area (Å²) in [6.45, 7) is 0. The molecule has 24 heavy (non-hydrogen) atoms. The van der Waals surface area contributed by atoms with Crippen LogP contribution in [-0.4, -0.2) is 5.97 Å². The summed E-state index contributed by atoms with van der Waals surface area (Å²) in [6.07, 6.45) is -0.226. The summed E-state index contributed by atoms with van der Waals surface area (Å²) in [5.41, 5.74) is 2.73. The molecule has 3 aromatic carbocycles. The van der Waals surface area contributed by atoms with Gasteiger partial charge >= 0.3 is 5.97 Å². The first-order valence-electron chi connectivity index (χ1n) is 7.76. The van der Waals surface area contributed by atoms with Crippen LogP contribution in [0.25, 0.3) is 0 Å². The predicted octanol–water partition coefficient (Wildman–Crippen LogP) is 5.22. The van der Waals surface area contributed by atoms with Gasteiger partial charge in [-0.3, -0.25) is 4.79 Å². The summed E-state index contributed by atoms with van der Waals surface area (Å²) >= 11 is 5.97. The topological polar surface area (TPSA) is 26.3 Å². The number of hydrogen-bond acceptors (Lipinski definition) is 2. The number of benzene rings is 3. The van der Waals surface area contributed by atoms with Crippen molar-refractivity contribution in [1.29, 1.82) is 0 Å². The molecule has 0 aromatic heterocycles. The lowest BCUT2D eigenvalue weighted by atomic mass is 10.0. The standard InChI is InChI=1S/C21H17ClO2/c22-19-13-7-8-16(14-19)15-20(23)24-21(17-9-3-1-4-10-17)18-11-5-2-6-12-18/h1-14,21H,15H2. The number of esters is 1. The van der Waals surface area contributed by atoms with Gasteiger partial charge in [-0.15, -0.1) is 0 Å². The van der Waals surface area contributed by atoms with Crippen LogP contribution in [0.15, 0.2) is 84.9 Å². The second kappa shape index (κ2) is 7.80. The van der Waals surface area contributed by atoms with E-state index in [1.54, 1.807) is 12.1 Å². The maximum atomic E-state index is 12.4. The van der Waals surface area contributed by atoms with E-state index in [2.05, 4.69) is 0 Å². The molecule has 0 aliphatic rings. The molecule has 0 heterocycles. The van der Waals surface area contributed by atoms with Gasteiger partial charge < -0.3 is 4.74 Å². The summed E-state index contributed by atoms with van der Waals surface area (Å²) in [6, 6.07) is 26.8. The first-order chi connectivity index (χ1) is 11.7. The zero-order chi connectivity index (χ0) is 16.8. The fourth-order valence-electron chi connectivity index (χ4n) is 2.57. The predicted molar refractivity (Wildman–Crippen MR) is 96.0 cm³/mol. The third-order valence-corrected chi connectivity index (χ3v) is 3.93.